The molecule has 0 spiro atoms. The lowest BCUT2D eigenvalue weighted by Gasteiger charge is -2.28. The van der Waals surface area contributed by atoms with Crippen molar-refractivity contribution >= 4 is 40.0 Å². The number of para-hydroxylation sites is 1. The van der Waals surface area contributed by atoms with E-state index in [4.69, 9.17) is 16.3 Å². The van der Waals surface area contributed by atoms with Gasteiger partial charge in [-0.3, -0.25) is 19.7 Å². The van der Waals surface area contributed by atoms with E-state index in [9.17, 15) is 19.7 Å². The highest BCUT2D eigenvalue weighted by molar-refractivity contribution is 6.34. The Balaban J connectivity index is 1.36. The van der Waals surface area contributed by atoms with Gasteiger partial charge in [-0.15, -0.1) is 0 Å². The monoisotopic (exact) mass is 574 g/mol. The zero-order valence-electron chi connectivity index (χ0n) is 22.7. The number of aromatic nitrogens is 1. The first kappa shape index (κ1) is 28.2. The van der Waals surface area contributed by atoms with E-state index in [0.29, 0.717) is 26.1 Å². The Hall–Kier alpha value is -4.37. The first-order chi connectivity index (χ1) is 19.8. The van der Waals surface area contributed by atoms with Crippen LogP contribution in [0.2, 0.25) is 5.02 Å². The third-order valence-corrected chi connectivity index (χ3v) is 7.55. The number of rotatable bonds is 12. The van der Waals surface area contributed by atoms with Crippen molar-refractivity contribution in [3.05, 3.63) is 105 Å². The Labute approximate surface area is 242 Å². The van der Waals surface area contributed by atoms with E-state index in [-0.39, 0.29) is 34.8 Å². The van der Waals surface area contributed by atoms with Crippen LogP contribution in [0.15, 0.2) is 72.9 Å². The summed E-state index contributed by atoms with van der Waals surface area (Å²) in [5.74, 6) is 0.175. The number of ether oxygens (including phenoxy) is 1. The largest absolute Gasteiger partial charge is 0.494 e. The summed E-state index contributed by atoms with van der Waals surface area (Å²) in [5.41, 5.74) is 3.05. The number of amides is 2. The number of fused-ring (bicyclic) bond motifs is 1. The van der Waals surface area contributed by atoms with Gasteiger partial charge in [0.1, 0.15) is 12.3 Å². The van der Waals surface area contributed by atoms with Gasteiger partial charge < -0.3 is 19.5 Å². The summed E-state index contributed by atoms with van der Waals surface area (Å²) in [7, 11) is 0. The molecule has 0 aliphatic heterocycles. The van der Waals surface area contributed by atoms with E-state index in [1.165, 1.54) is 18.2 Å². The number of benzene rings is 3. The Kier molecular flexibility index (Phi) is 8.54. The number of hydrogen-bond acceptors (Lipinski definition) is 5. The summed E-state index contributed by atoms with van der Waals surface area (Å²) in [5, 5.41) is 12.2. The normalized spacial score (nSPS) is 12.7. The second-order valence-electron chi connectivity index (χ2n) is 10.1. The molecule has 1 N–H and O–H groups in total. The van der Waals surface area contributed by atoms with E-state index < -0.39 is 10.8 Å². The van der Waals surface area contributed by atoms with Crippen molar-refractivity contribution in [1.82, 2.24) is 14.8 Å². The fraction of sp³-hybridized carbons (Fsp3) is 0.290. The van der Waals surface area contributed by atoms with E-state index in [1.54, 1.807) is 9.80 Å². The zero-order valence-corrected chi connectivity index (χ0v) is 23.5. The molecule has 0 atom stereocenters. The fourth-order valence-corrected chi connectivity index (χ4v) is 5.16. The van der Waals surface area contributed by atoms with Gasteiger partial charge in [0.25, 0.3) is 11.6 Å². The summed E-state index contributed by atoms with van der Waals surface area (Å²) in [6, 6.07) is 19.4. The van der Waals surface area contributed by atoms with Crippen molar-refractivity contribution in [3.8, 4) is 5.75 Å². The average molecular weight is 575 g/mol. The minimum Gasteiger partial charge on any atom is -0.494 e. The first-order valence-corrected chi connectivity index (χ1v) is 14.0. The zero-order chi connectivity index (χ0) is 28.9. The van der Waals surface area contributed by atoms with Gasteiger partial charge in [-0.05, 0) is 61.6 Å². The molecule has 5 rings (SSSR count). The molecular weight excluding hydrogens is 544 g/mol. The van der Waals surface area contributed by atoms with Crippen molar-refractivity contribution in [2.45, 2.75) is 38.8 Å². The van der Waals surface area contributed by atoms with Gasteiger partial charge >= 0.3 is 0 Å². The highest BCUT2D eigenvalue weighted by Gasteiger charge is 2.36. The van der Waals surface area contributed by atoms with Crippen molar-refractivity contribution in [3.63, 3.8) is 0 Å². The lowest BCUT2D eigenvalue weighted by molar-refractivity contribution is -0.384. The maximum atomic E-state index is 13.8. The van der Waals surface area contributed by atoms with Crippen LogP contribution in [0.5, 0.6) is 5.75 Å². The highest BCUT2D eigenvalue weighted by Crippen LogP contribution is 2.31. The second kappa shape index (κ2) is 12.4. The molecular formula is C31H31ClN4O5. The SMILES string of the molecule is CCOc1ccc(CN(CCc2c[nH]c3ccccc23)C(=O)CN(C(=O)c2ccc([N+](=O)[O-])cc2Cl)C2CC2)cc1. The summed E-state index contributed by atoms with van der Waals surface area (Å²) in [6.45, 7) is 3.22. The third kappa shape index (κ3) is 6.69. The van der Waals surface area contributed by atoms with Gasteiger partial charge in [0.15, 0.2) is 0 Å². The number of aromatic amines is 1. The number of hydrogen-bond donors (Lipinski definition) is 1. The van der Waals surface area contributed by atoms with Crippen molar-refractivity contribution in [1.29, 1.82) is 0 Å². The van der Waals surface area contributed by atoms with Crippen LogP contribution in [0, 0.1) is 10.1 Å². The van der Waals surface area contributed by atoms with Crippen LogP contribution in [0.1, 0.15) is 41.3 Å². The minimum atomic E-state index is -0.561. The number of halogens is 1. The van der Waals surface area contributed by atoms with E-state index in [1.807, 2.05) is 55.6 Å². The second-order valence-corrected chi connectivity index (χ2v) is 10.5. The van der Waals surface area contributed by atoms with Crippen molar-refractivity contribution in [2.75, 3.05) is 19.7 Å². The standard InChI is InChI=1S/C31H31ClN4O5/c1-2-41-25-12-7-21(8-13-25)19-34(16-15-22-18-33-29-6-4-3-5-26(22)29)30(37)20-35(23-9-10-23)31(38)27-14-11-24(36(39)40)17-28(27)32/h3-8,11-14,17-18,23,33H,2,9-10,15-16,19-20H2,1H3. The number of carbonyl (C=O) groups is 2. The molecule has 0 unspecified atom stereocenters. The molecule has 41 heavy (non-hydrogen) atoms. The maximum absolute atomic E-state index is 13.8. The predicted molar refractivity (Wildman–Crippen MR) is 157 cm³/mol. The molecule has 1 saturated carbocycles. The van der Waals surface area contributed by atoms with E-state index >= 15 is 0 Å². The summed E-state index contributed by atoms with van der Waals surface area (Å²) >= 11 is 6.27. The molecule has 1 aromatic heterocycles. The van der Waals surface area contributed by atoms with Crippen LogP contribution in [0.4, 0.5) is 5.69 Å². The van der Waals surface area contributed by atoms with Gasteiger partial charge in [-0.2, -0.15) is 0 Å². The number of nitro groups is 1. The topological polar surface area (TPSA) is 109 Å². The molecule has 1 aliphatic rings. The first-order valence-electron chi connectivity index (χ1n) is 13.6. The number of H-pyrrole nitrogens is 1. The Morgan fingerprint density at radius 1 is 1.10 bits per heavy atom. The van der Waals surface area contributed by atoms with Gasteiger partial charge in [0.2, 0.25) is 5.91 Å². The highest BCUT2D eigenvalue weighted by atomic mass is 35.5. The Bertz CT molecular complexity index is 1560. The Morgan fingerprint density at radius 2 is 1.85 bits per heavy atom. The third-order valence-electron chi connectivity index (χ3n) is 7.23. The van der Waals surface area contributed by atoms with Crippen molar-refractivity contribution < 1.29 is 19.2 Å². The number of nitrogens with one attached hydrogen (secondary N) is 1. The number of carbonyl (C=O) groups excluding carboxylic acids is 2. The minimum absolute atomic E-state index is 0.00659. The quantitative estimate of drug-likeness (QED) is 0.165. The number of nitrogens with zero attached hydrogens (tertiary/aromatic N) is 3. The van der Waals surface area contributed by atoms with Crippen molar-refractivity contribution in [2.24, 2.45) is 0 Å². The molecule has 10 heteroatoms. The van der Waals surface area contributed by atoms with Crippen LogP contribution < -0.4 is 4.74 Å². The predicted octanol–water partition coefficient (Wildman–Crippen LogP) is 6.00. The lowest BCUT2D eigenvalue weighted by Crippen LogP contribution is -2.44. The van der Waals surface area contributed by atoms with Crippen LogP contribution in [-0.4, -0.2) is 57.3 Å². The van der Waals surface area contributed by atoms with Gasteiger partial charge in [0.05, 0.1) is 22.1 Å². The molecule has 9 nitrogen and oxygen atoms in total. The van der Waals surface area contributed by atoms with Crippen LogP contribution in [-0.2, 0) is 17.8 Å². The molecule has 1 aliphatic carbocycles. The Morgan fingerprint density at radius 3 is 2.54 bits per heavy atom. The summed E-state index contributed by atoms with van der Waals surface area (Å²) in [4.78, 5) is 44.5. The van der Waals surface area contributed by atoms with Gasteiger partial charge in [0, 0.05) is 48.4 Å². The van der Waals surface area contributed by atoms with Gasteiger partial charge in [-0.25, -0.2) is 0 Å². The maximum Gasteiger partial charge on any atom is 0.270 e. The average Bonchev–Trinajstić information content (AvgIpc) is 3.73. The molecule has 2 amide bonds. The summed E-state index contributed by atoms with van der Waals surface area (Å²) in [6.07, 6.45) is 4.19. The molecule has 3 aromatic carbocycles. The van der Waals surface area contributed by atoms with Crippen LogP contribution >= 0.6 is 11.6 Å². The van der Waals surface area contributed by atoms with Crippen LogP contribution in [0.3, 0.4) is 0 Å². The van der Waals surface area contributed by atoms with E-state index in [2.05, 4.69) is 11.1 Å². The molecule has 212 valence electrons. The van der Waals surface area contributed by atoms with Crippen LogP contribution in [0.25, 0.3) is 10.9 Å². The molecule has 0 bridgehead atoms. The smallest absolute Gasteiger partial charge is 0.270 e. The van der Waals surface area contributed by atoms with E-state index in [0.717, 1.165) is 40.6 Å². The molecule has 1 fully saturated rings. The summed E-state index contributed by atoms with van der Waals surface area (Å²) < 4.78 is 5.56. The number of nitro benzene ring substituents is 1. The fourth-order valence-electron chi connectivity index (χ4n) is 4.91. The number of non-ortho nitro benzene ring substituents is 1. The molecule has 4 aromatic rings. The molecule has 0 radical (unpaired) electrons. The molecule has 0 saturated heterocycles. The van der Waals surface area contributed by atoms with Gasteiger partial charge in [-0.1, -0.05) is 41.9 Å². The lowest BCUT2D eigenvalue weighted by atomic mass is 10.1. The molecule has 1 heterocycles.